The van der Waals surface area contributed by atoms with Gasteiger partial charge >= 0.3 is 0 Å². The van der Waals surface area contributed by atoms with Crippen molar-refractivity contribution in [2.45, 2.75) is 13.3 Å². The van der Waals surface area contributed by atoms with Gasteiger partial charge in [0.25, 0.3) is 0 Å². The quantitative estimate of drug-likeness (QED) is 0.651. The average Bonchev–Trinajstić information content (AvgIpc) is 2.94. The second-order valence-electron chi connectivity index (χ2n) is 5.85. The van der Waals surface area contributed by atoms with Crippen molar-refractivity contribution < 1.29 is 9.50 Å². The van der Waals surface area contributed by atoms with Crippen molar-refractivity contribution in [1.82, 2.24) is 5.01 Å². The standard InChI is InChI=1S/C18H17ClFN3O/c1-11-10-23(16(21)9-12-5-7-13(20)8-6-12)22-17(11)14-3-2-4-15(19)18(14)24/h2-8,11,21,24H,9-10H2,1H3. The number of para-hydroxylation sites is 1. The number of halogens is 2. The third kappa shape index (κ3) is 3.26. The number of hydrogen-bond donors (Lipinski definition) is 2. The Morgan fingerprint density at radius 3 is 2.75 bits per heavy atom. The van der Waals surface area contributed by atoms with Crippen LogP contribution in [-0.2, 0) is 6.42 Å². The van der Waals surface area contributed by atoms with Gasteiger partial charge in [0.15, 0.2) is 0 Å². The number of benzene rings is 2. The van der Waals surface area contributed by atoms with Gasteiger partial charge in [-0.2, -0.15) is 5.10 Å². The van der Waals surface area contributed by atoms with Crippen LogP contribution in [0, 0.1) is 17.1 Å². The van der Waals surface area contributed by atoms with Gasteiger partial charge in [0.2, 0.25) is 0 Å². The maximum absolute atomic E-state index is 13.0. The normalized spacial score (nSPS) is 17.0. The largest absolute Gasteiger partial charge is 0.506 e. The number of rotatable bonds is 3. The van der Waals surface area contributed by atoms with E-state index in [-0.39, 0.29) is 22.5 Å². The van der Waals surface area contributed by atoms with E-state index in [0.29, 0.717) is 30.1 Å². The molecule has 0 saturated heterocycles. The first kappa shape index (κ1) is 16.5. The van der Waals surface area contributed by atoms with E-state index in [1.165, 1.54) is 12.1 Å². The van der Waals surface area contributed by atoms with Crippen LogP contribution in [0.25, 0.3) is 0 Å². The van der Waals surface area contributed by atoms with E-state index in [1.807, 2.05) is 6.92 Å². The third-order valence-corrected chi connectivity index (χ3v) is 4.31. The van der Waals surface area contributed by atoms with E-state index in [1.54, 1.807) is 35.3 Å². The molecule has 2 aromatic carbocycles. The Bertz CT molecular complexity index is 804. The summed E-state index contributed by atoms with van der Waals surface area (Å²) in [4.78, 5) is 0. The van der Waals surface area contributed by atoms with Crippen molar-refractivity contribution in [1.29, 1.82) is 5.41 Å². The number of hydrazone groups is 1. The van der Waals surface area contributed by atoms with Crippen LogP contribution in [-0.4, -0.2) is 28.2 Å². The van der Waals surface area contributed by atoms with Crippen LogP contribution >= 0.6 is 11.6 Å². The molecule has 3 rings (SSSR count). The van der Waals surface area contributed by atoms with E-state index in [9.17, 15) is 9.50 Å². The second-order valence-corrected chi connectivity index (χ2v) is 6.26. The Kier molecular flexibility index (Phi) is 4.53. The van der Waals surface area contributed by atoms with Gasteiger partial charge < -0.3 is 5.11 Å². The van der Waals surface area contributed by atoms with Gasteiger partial charge in [-0.1, -0.05) is 36.7 Å². The predicted molar refractivity (Wildman–Crippen MR) is 93.4 cm³/mol. The molecule has 2 aromatic rings. The minimum Gasteiger partial charge on any atom is -0.506 e. The van der Waals surface area contributed by atoms with E-state index in [4.69, 9.17) is 17.0 Å². The highest BCUT2D eigenvalue weighted by Crippen LogP contribution is 2.31. The summed E-state index contributed by atoms with van der Waals surface area (Å²) in [5, 5.41) is 24.8. The van der Waals surface area contributed by atoms with E-state index in [0.717, 1.165) is 5.56 Å². The molecular formula is C18H17ClFN3O. The van der Waals surface area contributed by atoms with Crippen LogP contribution in [0.3, 0.4) is 0 Å². The molecule has 1 heterocycles. The topological polar surface area (TPSA) is 59.7 Å². The molecule has 124 valence electrons. The van der Waals surface area contributed by atoms with Crippen LogP contribution < -0.4 is 0 Å². The van der Waals surface area contributed by atoms with Crippen molar-refractivity contribution in [3.8, 4) is 5.75 Å². The zero-order valence-electron chi connectivity index (χ0n) is 13.1. The number of phenolic OH excluding ortho intramolecular Hbond substituents is 1. The van der Waals surface area contributed by atoms with Gasteiger partial charge in [0.05, 0.1) is 17.3 Å². The number of aromatic hydroxyl groups is 1. The molecule has 24 heavy (non-hydrogen) atoms. The monoisotopic (exact) mass is 345 g/mol. The van der Waals surface area contributed by atoms with Crippen LogP contribution in [0.4, 0.5) is 4.39 Å². The number of nitrogens with zero attached hydrogens (tertiary/aromatic N) is 2. The molecule has 0 saturated carbocycles. The fourth-order valence-electron chi connectivity index (χ4n) is 2.71. The molecule has 0 amide bonds. The summed E-state index contributed by atoms with van der Waals surface area (Å²) in [6.07, 6.45) is 0.366. The fraction of sp³-hybridized carbons (Fsp3) is 0.222. The van der Waals surface area contributed by atoms with Crippen molar-refractivity contribution >= 4 is 23.1 Å². The Hall–Kier alpha value is -2.40. The lowest BCUT2D eigenvalue weighted by Gasteiger charge is -2.15. The summed E-state index contributed by atoms with van der Waals surface area (Å²) in [6.45, 7) is 2.55. The second kappa shape index (κ2) is 6.61. The third-order valence-electron chi connectivity index (χ3n) is 4.00. The minimum absolute atomic E-state index is 0.0108. The van der Waals surface area contributed by atoms with Crippen LogP contribution in [0.5, 0.6) is 5.75 Å². The fourth-order valence-corrected chi connectivity index (χ4v) is 2.89. The number of hydrogen-bond acceptors (Lipinski definition) is 3. The number of amidine groups is 1. The molecular weight excluding hydrogens is 329 g/mol. The predicted octanol–water partition coefficient (Wildman–Crippen LogP) is 4.06. The number of phenols is 1. The molecule has 0 spiro atoms. The zero-order valence-corrected chi connectivity index (χ0v) is 13.9. The lowest BCUT2D eigenvalue weighted by molar-refractivity contribution is 0.446. The van der Waals surface area contributed by atoms with Crippen LogP contribution in [0.15, 0.2) is 47.6 Å². The highest BCUT2D eigenvalue weighted by Gasteiger charge is 2.28. The molecule has 6 heteroatoms. The number of nitrogens with one attached hydrogen (secondary N) is 1. The average molecular weight is 346 g/mol. The lowest BCUT2D eigenvalue weighted by Crippen LogP contribution is -2.26. The van der Waals surface area contributed by atoms with Gasteiger partial charge in [0, 0.05) is 17.9 Å². The minimum atomic E-state index is -0.295. The summed E-state index contributed by atoms with van der Waals surface area (Å²) in [5.41, 5.74) is 2.15. The Morgan fingerprint density at radius 1 is 1.33 bits per heavy atom. The maximum Gasteiger partial charge on any atom is 0.143 e. The summed E-state index contributed by atoms with van der Waals surface area (Å²) in [6, 6.07) is 11.2. The molecule has 1 atom stereocenters. The van der Waals surface area contributed by atoms with Crippen LogP contribution in [0.1, 0.15) is 18.1 Å². The molecule has 1 aliphatic rings. The first-order valence-corrected chi connectivity index (χ1v) is 7.99. The van der Waals surface area contributed by atoms with Crippen molar-refractivity contribution in [2.24, 2.45) is 11.0 Å². The first-order valence-electron chi connectivity index (χ1n) is 7.61. The van der Waals surface area contributed by atoms with Gasteiger partial charge in [0.1, 0.15) is 17.4 Å². The lowest BCUT2D eigenvalue weighted by atomic mass is 9.98. The Labute approximate surface area is 144 Å². The summed E-state index contributed by atoms with van der Waals surface area (Å²) < 4.78 is 13.0. The maximum atomic E-state index is 13.0. The Morgan fingerprint density at radius 2 is 2.04 bits per heavy atom. The molecule has 1 unspecified atom stereocenters. The Balaban J connectivity index is 1.80. The molecule has 0 aromatic heterocycles. The zero-order chi connectivity index (χ0) is 17.3. The van der Waals surface area contributed by atoms with E-state index < -0.39 is 0 Å². The molecule has 0 fully saturated rings. The van der Waals surface area contributed by atoms with Crippen molar-refractivity contribution in [3.05, 3.63) is 64.4 Å². The molecule has 1 aliphatic heterocycles. The van der Waals surface area contributed by atoms with Crippen molar-refractivity contribution in [3.63, 3.8) is 0 Å². The summed E-state index contributed by atoms with van der Waals surface area (Å²) in [7, 11) is 0. The molecule has 0 bridgehead atoms. The van der Waals surface area contributed by atoms with Gasteiger partial charge in [-0.15, -0.1) is 0 Å². The SMILES string of the molecule is CC1CN(C(=N)Cc2ccc(F)cc2)N=C1c1cccc(Cl)c1O. The van der Waals surface area contributed by atoms with Gasteiger partial charge in [-0.05, 0) is 29.8 Å². The highest BCUT2D eigenvalue weighted by molar-refractivity contribution is 6.32. The van der Waals surface area contributed by atoms with E-state index >= 15 is 0 Å². The molecule has 4 nitrogen and oxygen atoms in total. The summed E-state index contributed by atoms with van der Waals surface area (Å²) in [5.74, 6) is 0.0985. The first-order chi connectivity index (χ1) is 11.5. The molecule has 0 aliphatic carbocycles. The van der Waals surface area contributed by atoms with E-state index in [2.05, 4.69) is 5.10 Å². The van der Waals surface area contributed by atoms with Gasteiger partial charge in [-0.25, -0.2) is 4.39 Å². The van der Waals surface area contributed by atoms with Gasteiger partial charge in [-0.3, -0.25) is 10.4 Å². The van der Waals surface area contributed by atoms with Crippen LogP contribution in [0.2, 0.25) is 5.02 Å². The molecule has 0 radical (unpaired) electrons. The molecule has 2 N–H and O–H groups in total. The van der Waals surface area contributed by atoms with Crippen molar-refractivity contribution in [2.75, 3.05) is 6.54 Å². The summed E-state index contributed by atoms with van der Waals surface area (Å²) >= 11 is 5.97. The highest BCUT2D eigenvalue weighted by atomic mass is 35.5. The smallest absolute Gasteiger partial charge is 0.143 e.